The second kappa shape index (κ2) is 5.46. The maximum absolute atomic E-state index is 11.5. The van der Waals surface area contributed by atoms with Crippen LogP contribution < -0.4 is 0 Å². The highest BCUT2D eigenvalue weighted by atomic mass is 32.1. The lowest BCUT2D eigenvalue weighted by Crippen LogP contribution is -2.24. The van der Waals surface area contributed by atoms with Gasteiger partial charge in [-0.1, -0.05) is 0 Å². The Morgan fingerprint density at radius 3 is 2.69 bits per heavy atom. The fourth-order valence-corrected chi connectivity index (χ4v) is 2.09. The van der Waals surface area contributed by atoms with Gasteiger partial charge in [0.15, 0.2) is 0 Å². The van der Waals surface area contributed by atoms with Gasteiger partial charge in [0.1, 0.15) is 0 Å². The summed E-state index contributed by atoms with van der Waals surface area (Å²) in [4.78, 5) is 24.3. The molecule has 4 nitrogen and oxygen atoms in total. The lowest BCUT2D eigenvalue weighted by Gasteiger charge is -2.14. The van der Waals surface area contributed by atoms with Crippen LogP contribution in [0.25, 0.3) is 0 Å². The molecule has 0 unspecified atom stereocenters. The number of carbonyl (C=O) groups is 2. The number of aliphatic carboxylic acids is 1. The first kappa shape index (κ1) is 12.4. The Balaban J connectivity index is 2.59. The molecule has 0 aliphatic rings. The second-order valence-electron chi connectivity index (χ2n) is 3.39. The Morgan fingerprint density at radius 2 is 2.19 bits per heavy atom. The fraction of sp³-hybridized carbons (Fsp3) is 0.273. The van der Waals surface area contributed by atoms with E-state index in [2.05, 4.69) is 0 Å². The average molecular weight is 239 g/mol. The molecule has 1 rings (SSSR count). The van der Waals surface area contributed by atoms with E-state index in [1.165, 1.54) is 4.90 Å². The summed E-state index contributed by atoms with van der Waals surface area (Å²) in [7, 11) is 1.65. The quantitative estimate of drug-likeness (QED) is 0.813. The van der Waals surface area contributed by atoms with E-state index in [4.69, 9.17) is 5.11 Å². The maximum atomic E-state index is 11.5. The zero-order valence-corrected chi connectivity index (χ0v) is 9.95. The van der Waals surface area contributed by atoms with Crippen molar-refractivity contribution in [2.75, 3.05) is 7.05 Å². The third-order valence-electron chi connectivity index (χ3n) is 2.09. The SMILES string of the molecule is Cc1ccsc1CN(C)C(=O)/C=C/C(=O)O. The first-order valence-corrected chi connectivity index (χ1v) is 5.57. The summed E-state index contributed by atoms with van der Waals surface area (Å²) >= 11 is 1.59. The molecule has 0 fully saturated rings. The van der Waals surface area contributed by atoms with Crippen molar-refractivity contribution in [3.8, 4) is 0 Å². The van der Waals surface area contributed by atoms with Crippen LogP contribution in [0.5, 0.6) is 0 Å². The number of carbonyl (C=O) groups excluding carboxylic acids is 1. The molecular formula is C11H13NO3S. The van der Waals surface area contributed by atoms with Crippen LogP contribution in [0.2, 0.25) is 0 Å². The van der Waals surface area contributed by atoms with Gasteiger partial charge < -0.3 is 10.0 Å². The van der Waals surface area contributed by atoms with Crippen LogP contribution in [0, 0.1) is 6.92 Å². The minimum atomic E-state index is -1.12. The van der Waals surface area contributed by atoms with Crippen molar-refractivity contribution in [1.82, 2.24) is 4.90 Å². The van der Waals surface area contributed by atoms with Crippen LogP contribution in [0.4, 0.5) is 0 Å². The van der Waals surface area contributed by atoms with Crippen molar-refractivity contribution < 1.29 is 14.7 Å². The van der Waals surface area contributed by atoms with Crippen molar-refractivity contribution >= 4 is 23.2 Å². The molecule has 1 amide bonds. The van der Waals surface area contributed by atoms with E-state index >= 15 is 0 Å². The van der Waals surface area contributed by atoms with Gasteiger partial charge >= 0.3 is 5.97 Å². The Kier molecular flexibility index (Phi) is 4.25. The first-order chi connectivity index (χ1) is 7.50. The summed E-state index contributed by atoms with van der Waals surface area (Å²) in [6, 6.07) is 1.99. The largest absolute Gasteiger partial charge is 0.478 e. The molecule has 0 aromatic carbocycles. The van der Waals surface area contributed by atoms with Crippen LogP contribution in [-0.2, 0) is 16.1 Å². The zero-order chi connectivity index (χ0) is 12.1. The van der Waals surface area contributed by atoms with Crippen molar-refractivity contribution in [2.24, 2.45) is 0 Å². The third kappa shape index (κ3) is 3.51. The number of hydrogen-bond donors (Lipinski definition) is 1. The smallest absolute Gasteiger partial charge is 0.328 e. The molecule has 0 atom stereocenters. The highest BCUT2D eigenvalue weighted by Gasteiger charge is 2.08. The van der Waals surface area contributed by atoms with E-state index < -0.39 is 5.97 Å². The summed E-state index contributed by atoms with van der Waals surface area (Å²) in [6.07, 6.45) is 1.91. The van der Waals surface area contributed by atoms with Gasteiger partial charge in [0.05, 0.1) is 6.54 Å². The van der Waals surface area contributed by atoms with Gasteiger partial charge in [-0.25, -0.2) is 4.79 Å². The van der Waals surface area contributed by atoms with Crippen molar-refractivity contribution in [3.63, 3.8) is 0 Å². The molecule has 0 spiro atoms. The molecule has 86 valence electrons. The van der Waals surface area contributed by atoms with Crippen LogP contribution in [0.1, 0.15) is 10.4 Å². The van der Waals surface area contributed by atoms with Gasteiger partial charge in [0.25, 0.3) is 0 Å². The molecular weight excluding hydrogens is 226 g/mol. The van der Waals surface area contributed by atoms with Gasteiger partial charge in [-0.05, 0) is 23.9 Å². The topological polar surface area (TPSA) is 57.6 Å². The van der Waals surface area contributed by atoms with Crippen LogP contribution >= 0.6 is 11.3 Å². The summed E-state index contributed by atoms with van der Waals surface area (Å²) in [5.41, 5.74) is 1.15. The lowest BCUT2D eigenvalue weighted by molar-refractivity contribution is -0.132. The molecule has 1 aromatic heterocycles. The van der Waals surface area contributed by atoms with E-state index in [1.54, 1.807) is 18.4 Å². The maximum Gasteiger partial charge on any atom is 0.328 e. The van der Waals surface area contributed by atoms with Gasteiger partial charge in [-0.15, -0.1) is 11.3 Å². The third-order valence-corrected chi connectivity index (χ3v) is 3.10. The number of likely N-dealkylation sites (N-methyl/N-ethyl adjacent to an activating group) is 1. The predicted octanol–water partition coefficient (Wildman–Crippen LogP) is 1.66. The second-order valence-corrected chi connectivity index (χ2v) is 4.39. The zero-order valence-electron chi connectivity index (χ0n) is 9.14. The number of hydrogen-bond acceptors (Lipinski definition) is 3. The van der Waals surface area contributed by atoms with Crippen molar-refractivity contribution in [3.05, 3.63) is 34.0 Å². The highest BCUT2D eigenvalue weighted by Crippen LogP contribution is 2.17. The summed E-state index contributed by atoms with van der Waals surface area (Å²) in [5.74, 6) is -1.43. The minimum absolute atomic E-state index is 0.310. The number of amides is 1. The van der Waals surface area contributed by atoms with Crippen LogP contribution in [-0.4, -0.2) is 28.9 Å². The standard InChI is InChI=1S/C11H13NO3S/c1-8-5-6-16-9(8)7-12(2)10(13)3-4-11(14)15/h3-6H,7H2,1-2H3,(H,14,15)/b4-3+. The number of nitrogens with zero attached hydrogens (tertiary/aromatic N) is 1. The lowest BCUT2D eigenvalue weighted by atomic mass is 10.3. The Morgan fingerprint density at radius 1 is 1.50 bits per heavy atom. The molecule has 5 heteroatoms. The number of thiophene rings is 1. The molecule has 0 aliphatic carbocycles. The van der Waals surface area contributed by atoms with Crippen LogP contribution in [0.3, 0.4) is 0 Å². The van der Waals surface area contributed by atoms with Crippen molar-refractivity contribution in [2.45, 2.75) is 13.5 Å². The molecule has 1 N–H and O–H groups in total. The molecule has 0 saturated carbocycles. The van der Waals surface area contributed by atoms with E-state index in [9.17, 15) is 9.59 Å². The number of aryl methyl sites for hydroxylation is 1. The van der Waals surface area contributed by atoms with Crippen LogP contribution in [0.15, 0.2) is 23.6 Å². The predicted molar refractivity (Wildman–Crippen MR) is 62.3 cm³/mol. The van der Waals surface area contributed by atoms with Crippen molar-refractivity contribution in [1.29, 1.82) is 0 Å². The summed E-state index contributed by atoms with van der Waals surface area (Å²) < 4.78 is 0. The molecule has 1 heterocycles. The molecule has 0 radical (unpaired) electrons. The summed E-state index contributed by atoms with van der Waals surface area (Å²) in [6.45, 7) is 2.49. The number of carboxylic acid groups (broad SMARTS) is 1. The van der Waals surface area contributed by atoms with Gasteiger partial charge in [-0.3, -0.25) is 4.79 Å². The monoisotopic (exact) mass is 239 g/mol. The molecule has 0 aliphatic heterocycles. The number of rotatable bonds is 4. The minimum Gasteiger partial charge on any atom is -0.478 e. The fourth-order valence-electron chi connectivity index (χ4n) is 1.13. The van der Waals surface area contributed by atoms with Gasteiger partial charge in [-0.2, -0.15) is 0 Å². The molecule has 0 saturated heterocycles. The van der Waals surface area contributed by atoms with E-state index in [0.29, 0.717) is 6.54 Å². The van der Waals surface area contributed by atoms with E-state index in [0.717, 1.165) is 22.6 Å². The number of carboxylic acids is 1. The Hall–Kier alpha value is -1.62. The highest BCUT2D eigenvalue weighted by molar-refractivity contribution is 7.10. The average Bonchev–Trinajstić information content (AvgIpc) is 2.60. The van der Waals surface area contributed by atoms with Gasteiger partial charge in [0.2, 0.25) is 5.91 Å². The molecule has 16 heavy (non-hydrogen) atoms. The summed E-state index contributed by atoms with van der Waals surface area (Å²) in [5, 5.41) is 10.4. The van der Waals surface area contributed by atoms with E-state index in [-0.39, 0.29) is 5.91 Å². The molecule has 1 aromatic rings. The molecule has 0 bridgehead atoms. The first-order valence-electron chi connectivity index (χ1n) is 4.69. The Bertz CT molecular complexity index is 423. The van der Waals surface area contributed by atoms with Gasteiger partial charge in [0, 0.05) is 24.1 Å². The van der Waals surface area contributed by atoms with E-state index in [1.807, 2.05) is 18.4 Å². The normalized spacial score (nSPS) is 10.6. The Labute approximate surface area is 97.8 Å².